The van der Waals surface area contributed by atoms with E-state index in [1.807, 2.05) is 0 Å². The van der Waals surface area contributed by atoms with Crippen LogP contribution < -0.4 is 14.2 Å². The number of nitrogens with zero attached hydrogens (tertiary/aromatic N) is 4. The first-order valence-electron chi connectivity index (χ1n) is 7.63. The van der Waals surface area contributed by atoms with Gasteiger partial charge in [-0.05, 0) is 24.3 Å². The van der Waals surface area contributed by atoms with Crippen LogP contribution in [0.15, 0.2) is 55.4 Å². The van der Waals surface area contributed by atoms with E-state index in [0.29, 0.717) is 17.3 Å². The molecule has 26 heavy (non-hydrogen) atoms. The summed E-state index contributed by atoms with van der Waals surface area (Å²) in [6.07, 6.45) is 6.14. The van der Waals surface area contributed by atoms with Crippen LogP contribution in [-0.2, 0) is 10.0 Å². The molecule has 0 aliphatic heterocycles. The van der Waals surface area contributed by atoms with Crippen molar-refractivity contribution in [1.82, 2.24) is 19.5 Å². The Balaban J connectivity index is 1.57. The molecule has 0 saturated carbocycles. The fourth-order valence-corrected chi connectivity index (χ4v) is 2.93. The number of ether oxygens (including phenoxy) is 2. The maximum Gasteiger partial charge on any atom is 0.237 e. The maximum absolute atomic E-state index is 12.2. The molecule has 0 spiro atoms. The van der Waals surface area contributed by atoms with Gasteiger partial charge in [-0.1, -0.05) is 0 Å². The Bertz CT molecular complexity index is 943. The zero-order valence-electron chi connectivity index (χ0n) is 13.9. The normalized spacial score (nSPS) is 11.1. The lowest BCUT2D eigenvalue weighted by atomic mass is 10.3. The first kappa shape index (κ1) is 17.7. The molecule has 0 radical (unpaired) electrons. The highest BCUT2D eigenvalue weighted by Gasteiger charge is 2.13. The van der Waals surface area contributed by atoms with E-state index in [-0.39, 0.29) is 18.2 Å². The molecule has 2 heterocycles. The minimum absolute atomic E-state index is 0.00111. The Morgan fingerprint density at radius 1 is 1.15 bits per heavy atom. The molecule has 3 aromatic rings. The molecule has 3 rings (SSSR count). The number of benzene rings is 1. The predicted molar refractivity (Wildman–Crippen MR) is 95.1 cm³/mol. The Morgan fingerprint density at radius 3 is 2.62 bits per heavy atom. The minimum Gasteiger partial charge on any atom is -0.497 e. The van der Waals surface area contributed by atoms with Crippen molar-refractivity contribution in [3.05, 3.63) is 55.4 Å². The van der Waals surface area contributed by atoms with Gasteiger partial charge in [0.25, 0.3) is 0 Å². The van der Waals surface area contributed by atoms with E-state index in [1.165, 1.54) is 12.4 Å². The van der Waals surface area contributed by atoms with Gasteiger partial charge in [0, 0.05) is 18.5 Å². The van der Waals surface area contributed by atoms with Gasteiger partial charge >= 0.3 is 0 Å². The summed E-state index contributed by atoms with van der Waals surface area (Å²) in [6, 6.07) is 8.41. The molecule has 0 saturated heterocycles. The summed E-state index contributed by atoms with van der Waals surface area (Å²) in [4.78, 5) is 11.9. The number of nitrogens with one attached hydrogen (secondary N) is 1. The van der Waals surface area contributed by atoms with Crippen LogP contribution >= 0.6 is 0 Å². The molecule has 9 nitrogen and oxygen atoms in total. The average molecular weight is 375 g/mol. The summed E-state index contributed by atoms with van der Waals surface area (Å²) in [5.41, 5.74) is 0. The van der Waals surface area contributed by atoms with E-state index in [2.05, 4.69) is 19.7 Å². The fraction of sp³-hybridized carbons (Fsp3) is 0.188. The lowest BCUT2D eigenvalue weighted by molar-refractivity contribution is 0.340. The predicted octanol–water partition coefficient (Wildman–Crippen LogP) is 1.49. The molecule has 0 unspecified atom stereocenters. The van der Waals surface area contributed by atoms with E-state index in [0.717, 1.165) is 0 Å². The van der Waals surface area contributed by atoms with E-state index >= 15 is 0 Å². The van der Waals surface area contributed by atoms with Crippen LogP contribution in [0.2, 0.25) is 0 Å². The van der Waals surface area contributed by atoms with Crippen LogP contribution in [0.4, 0.5) is 5.82 Å². The van der Waals surface area contributed by atoms with Gasteiger partial charge < -0.3 is 9.47 Å². The van der Waals surface area contributed by atoms with E-state index in [4.69, 9.17) is 9.47 Å². The zero-order valence-corrected chi connectivity index (χ0v) is 14.8. The van der Waals surface area contributed by atoms with Gasteiger partial charge in [0.15, 0.2) is 0 Å². The largest absolute Gasteiger partial charge is 0.497 e. The van der Waals surface area contributed by atoms with Gasteiger partial charge in [0.1, 0.15) is 48.1 Å². The van der Waals surface area contributed by atoms with Crippen molar-refractivity contribution in [1.29, 1.82) is 0 Å². The van der Waals surface area contributed by atoms with Crippen molar-refractivity contribution < 1.29 is 17.9 Å². The van der Waals surface area contributed by atoms with Crippen LogP contribution in [0.5, 0.6) is 11.5 Å². The number of rotatable bonds is 8. The highest BCUT2D eigenvalue weighted by atomic mass is 32.2. The summed E-state index contributed by atoms with van der Waals surface area (Å²) in [5.74, 6) is 1.72. The van der Waals surface area contributed by atoms with E-state index in [1.54, 1.807) is 54.7 Å². The molecule has 10 heteroatoms. The number of methoxy groups -OCH3 is 1. The van der Waals surface area contributed by atoms with Gasteiger partial charge in [-0.25, -0.2) is 23.4 Å². The highest BCUT2D eigenvalue weighted by molar-refractivity contribution is 7.92. The van der Waals surface area contributed by atoms with Crippen molar-refractivity contribution in [3.63, 3.8) is 0 Å². The molecule has 0 fully saturated rings. The standard InChI is InChI=1S/C16H17N5O4S/c1-24-13-2-4-14(5-3-13)25-8-9-26(22,23)20-15-10-16(19-11-18-15)21-7-6-17-12-21/h2-7,10-12H,8-9H2,1H3,(H,18,19,20). The molecule has 0 aliphatic rings. The maximum atomic E-state index is 12.2. The third-order valence-electron chi connectivity index (χ3n) is 3.36. The molecule has 1 aromatic carbocycles. The van der Waals surface area contributed by atoms with E-state index < -0.39 is 10.0 Å². The van der Waals surface area contributed by atoms with Crippen LogP contribution in [0.3, 0.4) is 0 Å². The first-order chi connectivity index (χ1) is 12.6. The molecular weight excluding hydrogens is 358 g/mol. The van der Waals surface area contributed by atoms with Crippen molar-refractivity contribution in [2.75, 3.05) is 24.2 Å². The number of hydrogen-bond acceptors (Lipinski definition) is 7. The fourth-order valence-electron chi connectivity index (χ4n) is 2.09. The lowest BCUT2D eigenvalue weighted by Gasteiger charge is -2.10. The van der Waals surface area contributed by atoms with Gasteiger partial charge in [-0.2, -0.15) is 0 Å². The smallest absolute Gasteiger partial charge is 0.237 e. The Hall–Kier alpha value is -3.14. The van der Waals surface area contributed by atoms with Crippen LogP contribution in [0.1, 0.15) is 0 Å². The third kappa shape index (κ3) is 4.70. The molecule has 0 amide bonds. The van der Waals surface area contributed by atoms with Crippen LogP contribution in [0.25, 0.3) is 5.82 Å². The molecular formula is C16H17N5O4S. The molecule has 2 aromatic heterocycles. The third-order valence-corrected chi connectivity index (χ3v) is 4.59. The molecule has 136 valence electrons. The summed E-state index contributed by atoms with van der Waals surface area (Å²) >= 11 is 0. The summed E-state index contributed by atoms with van der Waals surface area (Å²) in [5, 5.41) is 0. The van der Waals surface area contributed by atoms with Crippen molar-refractivity contribution in [2.45, 2.75) is 0 Å². The number of anilines is 1. The number of aromatic nitrogens is 4. The molecule has 0 atom stereocenters. The summed E-state index contributed by atoms with van der Waals surface area (Å²) < 4.78 is 38.9. The Labute approximate surface area is 150 Å². The van der Waals surface area contributed by atoms with Crippen molar-refractivity contribution in [2.24, 2.45) is 0 Å². The lowest BCUT2D eigenvalue weighted by Crippen LogP contribution is -2.22. The van der Waals surface area contributed by atoms with Gasteiger partial charge in [0.05, 0.1) is 7.11 Å². The summed E-state index contributed by atoms with van der Waals surface area (Å²) in [7, 11) is -2.05. The first-order valence-corrected chi connectivity index (χ1v) is 9.29. The Kier molecular flexibility index (Phi) is 5.32. The van der Waals surface area contributed by atoms with Crippen molar-refractivity contribution in [3.8, 4) is 17.3 Å². The summed E-state index contributed by atoms with van der Waals surface area (Å²) in [6.45, 7) is 0.00111. The highest BCUT2D eigenvalue weighted by Crippen LogP contribution is 2.17. The molecule has 0 bridgehead atoms. The number of sulfonamides is 1. The van der Waals surface area contributed by atoms with Gasteiger partial charge in [0.2, 0.25) is 10.0 Å². The van der Waals surface area contributed by atoms with Gasteiger partial charge in [-0.3, -0.25) is 9.29 Å². The minimum atomic E-state index is -3.62. The second-order valence-corrected chi connectivity index (χ2v) is 7.02. The number of hydrogen-bond donors (Lipinski definition) is 1. The average Bonchev–Trinajstić information content (AvgIpc) is 3.17. The Morgan fingerprint density at radius 2 is 1.92 bits per heavy atom. The SMILES string of the molecule is COc1ccc(OCCS(=O)(=O)Nc2cc(-n3ccnc3)ncn2)cc1. The second kappa shape index (κ2) is 7.83. The molecule has 0 aliphatic carbocycles. The zero-order chi connectivity index (χ0) is 18.4. The molecule has 1 N–H and O–H groups in total. The number of imidazole rings is 1. The van der Waals surface area contributed by atoms with Gasteiger partial charge in [-0.15, -0.1) is 0 Å². The van der Waals surface area contributed by atoms with Crippen LogP contribution in [-0.4, -0.2) is 47.4 Å². The van der Waals surface area contributed by atoms with Crippen molar-refractivity contribution >= 4 is 15.8 Å². The van der Waals surface area contributed by atoms with Crippen LogP contribution in [0, 0.1) is 0 Å². The second-order valence-electron chi connectivity index (χ2n) is 5.18. The van der Waals surface area contributed by atoms with E-state index in [9.17, 15) is 8.42 Å². The monoisotopic (exact) mass is 375 g/mol. The quantitative estimate of drug-likeness (QED) is 0.635. The topological polar surface area (TPSA) is 108 Å².